The lowest BCUT2D eigenvalue weighted by molar-refractivity contribution is 0.0996. The van der Waals surface area contributed by atoms with E-state index in [1.54, 1.807) is 24.3 Å². The summed E-state index contributed by atoms with van der Waals surface area (Å²) in [4.78, 5) is 15.4. The van der Waals surface area contributed by atoms with E-state index in [1.807, 2.05) is 0 Å². The van der Waals surface area contributed by atoms with Crippen LogP contribution in [0.1, 0.15) is 10.4 Å². The molecule has 0 fully saturated rings. The van der Waals surface area contributed by atoms with Gasteiger partial charge in [-0.1, -0.05) is 18.2 Å². The zero-order valence-electron chi connectivity index (χ0n) is 9.59. The second-order valence-corrected chi connectivity index (χ2v) is 3.65. The number of carbonyl (C=O) groups is 1. The molecule has 2 rings (SSSR count). The number of primary amides is 1. The van der Waals surface area contributed by atoms with Crippen molar-refractivity contribution in [3.63, 3.8) is 0 Å². The van der Waals surface area contributed by atoms with Gasteiger partial charge in [-0.05, 0) is 12.1 Å². The lowest BCUT2D eigenvalue weighted by Crippen LogP contribution is -2.22. The van der Waals surface area contributed by atoms with Crippen LogP contribution in [0.25, 0.3) is 11.0 Å². The predicted octanol–water partition coefficient (Wildman–Crippen LogP) is 1.32. The molecule has 1 aromatic heterocycles. The summed E-state index contributed by atoms with van der Waals surface area (Å²) < 4.78 is 5.42. The number of phenols is 1. The molecule has 0 bridgehead atoms. The fourth-order valence-corrected chi connectivity index (χ4v) is 1.58. The Balaban J connectivity index is 2.81. The van der Waals surface area contributed by atoms with Crippen molar-refractivity contribution in [3.05, 3.63) is 48.0 Å². The van der Waals surface area contributed by atoms with Gasteiger partial charge in [0, 0.05) is 5.39 Å². The smallest absolute Gasteiger partial charge is 0.254 e. The van der Waals surface area contributed by atoms with Crippen molar-refractivity contribution in [1.82, 2.24) is 0 Å². The Bertz CT molecular complexity index is 686. The molecule has 0 aliphatic carbocycles. The number of amides is 1. The molecule has 1 aromatic carbocycles. The molecule has 0 aliphatic heterocycles. The minimum Gasteiger partial charge on any atom is -0.504 e. The van der Waals surface area contributed by atoms with Crippen LogP contribution >= 0.6 is 0 Å². The number of rotatable bonds is 3. The average molecular weight is 244 g/mol. The summed E-state index contributed by atoms with van der Waals surface area (Å²) in [5.41, 5.74) is 5.81. The highest BCUT2D eigenvalue weighted by atomic mass is 16.4. The minimum atomic E-state index is -0.633. The molecule has 0 saturated heterocycles. The highest BCUT2D eigenvalue weighted by Gasteiger charge is 2.10. The van der Waals surface area contributed by atoms with Crippen LogP contribution in [0.5, 0.6) is 5.75 Å². The first kappa shape index (κ1) is 11.9. The summed E-state index contributed by atoms with van der Waals surface area (Å²) in [5.74, 6) is -0.648. The second kappa shape index (κ2) is 4.75. The summed E-state index contributed by atoms with van der Waals surface area (Å²) >= 11 is 0. The number of hydrogen-bond acceptors (Lipinski definition) is 4. The SMILES string of the molecule is C=CCN=c1oc2c(O)cccc2cc1C(N)=O. The van der Waals surface area contributed by atoms with Crippen molar-refractivity contribution < 1.29 is 14.3 Å². The molecule has 0 unspecified atom stereocenters. The fraction of sp³-hybridized carbons (Fsp3) is 0.0769. The van der Waals surface area contributed by atoms with Crippen molar-refractivity contribution in [2.45, 2.75) is 0 Å². The molecule has 3 N–H and O–H groups in total. The molecule has 0 aliphatic rings. The van der Waals surface area contributed by atoms with Gasteiger partial charge >= 0.3 is 0 Å². The van der Waals surface area contributed by atoms with Crippen LogP contribution in [0, 0.1) is 0 Å². The van der Waals surface area contributed by atoms with Crippen LogP contribution < -0.4 is 11.3 Å². The number of hydrogen-bond donors (Lipinski definition) is 2. The van der Waals surface area contributed by atoms with Gasteiger partial charge in [0.25, 0.3) is 5.91 Å². The molecule has 0 atom stereocenters. The van der Waals surface area contributed by atoms with Crippen LogP contribution in [0.2, 0.25) is 0 Å². The van der Waals surface area contributed by atoms with Gasteiger partial charge < -0.3 is 15.3 Å². The van der Waals surface area contributed by atoms with Gasteiger partial charge in [-0.3, -0.25) is 4.79 Å². The Labute approximate surface area is 103 Å². The molecule has 0 radical (unpaired) electrons. The van der Waals surface area contributed by atoms with E-state index in [9.17, 15) is 9.90 Å². The Morgan fingerprint density at radius 3 is 3.00 bits per heavy atom. The zero-order valence-corrected chi connectivity index (χ0v) is 9.59. The number of nitrogens with two attached hydrogens (primary N) is 1. The van der Waals surface area contributed by atoms with E-state index in [-0.39, 0.29) is 22.5 Å². The minimum absolute atomic E-state index is 0.0152. The molecule has 1 amide bonds. The maximum Gasteiger partial charge on any atom is 0.254 e. The molecular weight excluding hydrogens is 232 g/mol. The van der Waals surface area contributed by atoms with Crippen molar-refractivity contribution >= 4 is 16.9 Å². The van der Waals surface area contributed by atoms with E-state index < -0.39 is 5.91 Å². The molecule has 2 aromatic rings. The Kier molecular flexibility index (Phi) is 3.14. The number of phenolic OH excluding ortho intramolecular Hbond substituents is 1. The number of para-hydroxylation sites is 1. The Morgan fingerprint density at radius 2 is 2.33 bits per heavy atom. The monoisotopic (exact) mass is 244 g/mol. The molecule has 5 heteroatoms. The Hall–Kier alpha value is -2.56. The van der Waals surface area contributed by atoms with E-state index in [1.165, 1.54) is 6.07 Å². The van der Waals surface area contributed by atoms with Gasteiger partial charge in [0.15, 0.2) is 11.3 Å². The van der Waals surface area contributed by atoms with Crippen LogP contribution in [0.3, 0.4) is 0 Å². The molecule has 0 saturated carbocycles. The molecule has 0 spiro atoms. The Morgan fingerprint density at radius 1 is 1.56 bits per heavy atom. The van der Waals surface area contributed by atoms with Crippen LogP contribution in [0.4, 0.5) is 0 Å². The fourth-order valence-electron chi connectivity index (χ4n) is 1.58. The van der Waals surface area contributed by atoms with E-state index in [0.29, 0.717) is 11.9 Å². The predicted molar refractivity (Wildman–Crippen MR) is 67.0 cm³/mol. The molecular formula is C13H12N2O3. The first-order valence-electron chi connectivity index (χ1n) is 5.30. The van der Waals surface area contributed by atoms with Crippen molar-refractivity contribution in [3.8, 4) is 5.75 Å². The van der Waals surface area contributed by atoms with Gasteiger partial charge in [-0.15, -0.1) is 6.58 Å². The first-order valence-corrected chi connectivity index (χ1v) is 5.30. The standard InChI is InChI=1S/C13H12N2O3/c1-2-6-15-13-9(12(14)17)7-8-4-3-5-10(16)11(8)18-13/h2-5,7,16H,1,6H2,(H2,14,17). The summed E-state index contributed by atoms with van der Waals surface area (Å²) in [6, 6.07) is 6.40. The largest absolute Gasteiger partial charge is 0.504 e. The van der Waals surface area contributed by atoms with E-state index in [0.717, 1.165) is 0 Å². The molecule has 18 heavy (non-hydrogen) atoms. The third-order valence-electron chi connectivity index (χ3n) is 2.38. The second-order valence-electron chi connectivity index (χ2n) is 3.65. The number of nitrogens with zero attached hydrogens (tertiary/aromatic N) is 1. The van der Waals surface area contributed by atoms with Crippen molar-refractivity contribution in [1.29, 1.82) is 0 Å². The quantitative estimate of drug-likeness (QED) is 0.798. The topological polar surface area (TPSA) is 88.8 Å². The van der Waals surface area contributed by atoms with Gasteiger partial charge in [0.2, 0.25) is 5.55 Å². The molecule has 5 nitrogen and oxygen atoms in total. The van der Waals surface area contributed by atoms with Crippen LogP contribution in [-0.4, -0.2) is 17.6 Å². The normalized spacial score (nSPS) is 11.7. The first-order chi connectivity index (χ1) is 8.63. The van der Waals surface area contributed by atoms with Crippen molar-refractivity contribution in [2.24, 2.45) is 10.7 Å². The zero-order chi connectivity index (χ0) is 13.1. The summed E-state index contributed by atoms with van der Waals surface area (Å²) in [7, 11) is 0. The summed E-state index contributed by atoms with van der Waals surface area (Å²) in [5, 5.41) is 10.3. The number of aromatic hydroxyl groups is 1. The maximum absolute atomic E-state index is 11.3. The summed E-state index contributed by atoms with van der Waals surface area (Å²) in [6.07, 6.45) is 1.56. The van der Waals surface area contributed by atoms with Gasteiger partial charge in [0.1, 0.15) is 5.56 Å². The highest BCUT2D eigenvalue weighted by Crippen LogP contribution is 2.23. The van der Waals surface area contributed by atoms with Crippen LogP contribution in [0.15, 0.2) is 46.3 Å². The number of benzene rings is 1. The lowest BCUT2D eigenvalue weighted by Gasteiger charge is -2.02. The van der Waals surface area contributed by atoms with Gasteiger partial charge in [-0.2, -0.15) is 0 Å². The van der Waals surface area contributed by atoms with E-state index in [4.69, 9.17) is 10.2 Å². The van der Waals surface area contributed by atoms with E-state index >= 15 is 0 Å². The number of fused-ring (bicyclic) bond motifs is 1. The van der Waals surface area contributed by atoms with E-state index in [2.05, 4.69) is 11.6 Å². The summed E-state index contributed by atoms with van der Waals surface area (Å²) in [6.45, 7) is 3.82. The third-order valence-corrected chi connectivity index (χ3v) is 2.38. The van der Waals surface area contributed by atoms with Crippen molar-refractivity contribution in [2.75, 3.05) is 6.54 Å². The number of carbonyl (C=O) groups excluding carboxylic acids is 1. The third kappa shape index (κ3) is 2.10. The van der Waals surface area contributed by atoms with Gasteiger partial charge in [-0.25, -0.2) is 4.99 Å². The molecule has 1 heterocycles. The average Bonchev–Trinajstić information content (AvgIpc) is 2.36. The highest BCUT2D eigenvalue weighted by molar-refractivity contribution is 5.96. The lowest BCUT2D eigenvalue weighted by atomic mass is 10.1. The van der Waals surface area contributed by atoms with Crippen LogP contribution in [-0.2, 0) is 0 Å². The maximum atomic E-state index is 11.3. The van der Waals surface area contributed by atoms with Gasteiger partial charge in [0.05, 0.1) is 6.54 Å². The molecule has 92 valence electrons.